The molecule has 0 bridgehead atoms. The minimum atomic E-state index is -0.0467. The number of nitrogens with zero attached hydrogens (tertiary/aromatic N) is 2. The van der Waals surface area contributed by atoms with Crippen LogP contribution < -0.4 is 9.64 Å². The minimum Gasteiger partial charge on any atom is -0.495 e. The molecule has 2 fully saturated rings. The van der Waals surface area contributed by atoms with Gasteiger partial charge in [-0.2, -0.15) is 0 Å². The molecule has 2 heterocycles. The van der Waals surface area contributed by atoms with Gasteiger partial charge in [0.25, 0.3) is 0 Å². The van der Waals surface area contributed by atoms with E-state index < -0.39 is 0 Å². The lowest BCUT2D eigenvalue weighted by atomic mass is 9.62. The second-order valence-corrected chi connectivity index (χ2v) is 9.89. The standard InChI is InChI=1S/C26H34N2O3/c1-18-7-6-10-26(2)16-24-19(15-21(18)26)20(25(29)31-24)17-27-11-13-28(14-12-27)22-8-4-5-9-23(22)30-3/h4-5,7-9,15,19-20,24H,6,10-14,16-17H2,1-3H3. The lowest BCUT2D eigenvalue weighted by Crippen LogP contribution is -2.49. The van der Waals surface area contributed by atoms with Gasteiger partial charge in [-0.3, -0.25) is 9.69 Å². The molecule has 5 rings (SSSR count). The number of rotatable bonds is 4. The van der Waals surface area contributed by atoms with E-state index in [1.54, 1.807) is 7.11 Å². The molecule has 0 amide bonds. The second-order valence-electron chi connectivity index (χ2n) is 9.89. The fraction of sp³-hybridized carbons (Fsp3) is 0.577. The number of para-hydroxylation sites is 2. The van der Waals surface area contributed by atoms with Crippen LogP contribution >= 0.6 is 0 Å². The predicted molar refractivity (Wildman–Crippen MR) is 122 cm³/mol. The molecule has 2 aliphatic carbocycles. The first-order valence-electron chi connectivity index (χ1n) is 11.7. The first-order valence-corrected chi connectivity index (χ1v) is 11.7. The number of ether oxygens (including phenoxy) is 2. The summed E-state index contributed by atoms with van der Waals surface area (Å²) in [5.41, 5.74) is 4.18. The molecule has 1 aromatic carbocycles. The Kier molecular flexibility index (Phi) is 5.33. The van der Waals surface area contributed by atoms with Gasteiger partial charge in [-0.15, -0.1) is 0 Å². The van der Waals surface area contributed by atoms with E-state index in [2.05, 4.69) is 47.9 Å². The molecule has 5 heteroatoms. The van der Waals surface area contributed by atoms with Crippen LogP contribution in [0.15, 0.2) is 47.6 Å². The van der Waals surface area contributed by atoms with Gasteiger partial charge in [0.15, 0.2) is 0 Å². The van der Waals surface area contributed by atoms with Crippen molar-refractivity contribution in [1.29, 1.82) is 0 Å². The van der Waals surface area contributed by atoms with Crippen molar-refractivity contribution >= 4 is 11.7 Å². The van der Waals surface area contributed by atoms with E-state index in [0.717, 1.165) is 63.4 Å². The van der Waals surface area contributed by atoms with Crippen LogP contribution in [0.25, 0.3) is 0 Å². The van der Waals surface area contributed by atoms with Gasteiger partial charge in [-0.1, -0.05) is 36.8 Å². The van der Waals surface area contributed by atoms with Crippen molar-refractivity contribution in [2.75, 3.05) is 44.7 Å². The Morgan fingerprint density at radius 1 is 1.19 bits per heavy atom. The van der Waals surface area contributed by atoms with E-state index in [1.165, 1.54) is 11.1 Å². The summed E-state index contributed by atoms with van der Waals surface area (Å²) >= 11 is 0. The lowest BCUT2D eigenvalue weighted by molar-refractivity contribution is -0.145. The largest absolute Gasteiger partial charge is 0.495 e. The van der Waals surface area contributed by atoms with Crippen molar-refractivity contribution in [2.45, 2.75) is 39.2 Å². The van der Waals surface area contributed by atoms with E-state index in [-0.39, 0.29) is 29.3 Å². The van der Waals surface area contributed by atoms with Crippen LogP contribution in [-0.4, -0.2) is 56.8 Å². The van der Waals surface area contributed by atoms with Crippen molar-refractivity contribution in [3.8, 4) is 5.75 Å². The third-order valence-corrected chi connectivity index (χ3v) is 7.95. The number of hydrogen-bond acceptors (Lipinski definition) is 5. The van der Waals surface area contributed by atoms with Gasteiger partial charge >= 0.3 is 5.97 Å². The molecule has 0 saturated carbocycles. The monoisotopic (exact) mass is 422 g/mol. The summed E-state index contributed by atoms with van der Waals surface area (Å²) in [6.07, 6.45) is 8.07. The first-order chi connectivity index (χ1) is 15.0. The molecule has 2 saturated heterocycles. The minimum absolute atomic E-state index is 0.00267. The smallest absolute Gasteiger partial charge is 0.311 e. The topological polar surface area (TPSA) is 42.0 Å². The molecule has 166 valence electrons. The number of allylic oxidation sites excluding steroid dienone is 3. The highest BCUT2D eigenvalue weighted by atomic mass is 16.6. The van der Waals surface area contributed by atoms with E-state index in [9.17, 15) is 4.79 Å². The highest BCUT2D eigenvalue weighted by molar-refractivity contribution is 5.76. The van der Waals surface area contributed by atoms with Crippen LogP contribution in [0.4, 0.5) is 5.69 Å². The summed E-state index contributed by atoms with van der Waals surface area (Å²) in [5, 5.41) is 0. The van der Waals surface area contributed by atoms with Gasteiger partial charge in [0.05, 0.1) is 18.7 Å². The maximum absolute atomic E-state index is 12.9. The number of carbonyl (C=O) groups is 1. The lowest BCUT2D eigenvalue weighted by Gasteiger charge is -2.43. The summed E-state index contributed by atoms with van der Waals surface area (Å²) in [6, 6.07) is 8.21. The number of methoxy groups -OCH3 is 1. The molecular weight excluding hydrogens is 388 g/mol. The molecule has 1 aromatic rings. The Labute approximate surface area is 185 Å². The van der Waals surface area contributed by atoms with E-state index >= 15 is 0 Å². The van der Waals surface area contributed by atoms with Gasteiger partial charge in [-0.05, 0) is 49.3 Å². The van der Waals surface area contributed by atoms with Crippen LogP contribution in [0.2, 0.25) is 0 Å². The van der Waals surface area contributed by atoms with E-state index in [0.29, 0.717) is 0 Å². The Morgan fingerprint density at radius 3 is 2.74 bits per heavy atom. The third kappa shape index (κ3) is 3.67. The normalized spacial score (nSPS) is 33.2. The van der Waals surface area contributed by atoms with Gasteiger partial charge in [0.1, 0.15) is 11.9 Å². The number of esters is 1. The zero-order valence-electron chi connectivity index (χ0n) is 19.0. The quantitative estimate of drug-likeness (QED) is 0.685. The van der Waals surface area contributed by atoms with Crippen molar-refractivity contribution < 1.29 is 14.3 Å². The van der Waals surface area contributed by atoms with Gasteiger partial charge < -0.3 is 14.4 Å². The first kappa shape index (κ1) is 20.6. The summed E-state index contributed by atoms with van der Waals surface area (Å²) in [4.78, 5) is 17.7. The Balaban J connectivity index is 1.27. The van der Waals surface area contributed by atoms with Crippen LogP contribution in [0.1, 0.15) is 33.1 Å². The third-order valence-electron chi connectivity index (χ3n) is 7.95. The maximum Gasteiger partial charge on any atom is 0.311 e. The molecule has 31 heavy (non-hydrogen) atoms. The summed E-state index contributed by atoms with van der Waals surface area (Å²) < 4.78 is 11.5. The molecular formula is C26H34N2O3. The molecule has 0 N–H and O–H groups in total. The molecule has 2 aliphatic heterocycles. The zero-order valence-corrected chi connectivity index (χ0v) is 19.0. The molecule has 4 unspecified atom stereocenters. The average Bonchev–Trinajstić information content (AvgIpc) is 3.06. The van der Waals surface area contributed by atoms with Crippen molar-refractivity contribution in [2.24, 2.45) is 17.3 Å². The molecule has 0 radical (unpaired) electrons. The summed E-state index contributed by atoms with van der Waals surface area (Å²) in [6.45, 7) is 9.16. The fourth-order valence-electron chi connectivity index (χ4n) is 6.18. The average molecular weight is 423 g/mol. The number of hydrogen-bond donors (Lipinski definition) is 0. The highest BCUT2D eigenvalue weighted by Crippen LogP contribution is 2.52. The SMILES string of the molecule is COc1ccccc1N1CCN(CC2C(=O)OC3CC4(C)CCC=C(C)C4=CC32)CC1. The number of fused-ring (bicyclic) bond motifs is 2. The van der Waals surface area contributed by atoms with E-state index in [4.69, 9.17) is 9.47 Å². The maximum atomic E-state index is 12.9. The number of piperazine rings is 1. The van der Waals surface area contributed by atoms with Crippen LogP contribution in [0, 0.1) is 17.3 Å². The zero-order chi connectivity index (χ0) is 21.6. The second kappa shape index (κ2) is 8.01. The number of benzene rings is 1. The van der Waals surface area contributed by atoms with Gasteiger partial charge in [-0.25, -0.2) is 0 Å². The van der Waals surface area contributed by atoms with Crippen molar-refractivity contribution in [1.82, 2.24) is 4.90 Å². The van der Waals surface area contributed by atoms with Crippen LogP contribution in [0.3, 0.4) is 0 Å². The van der Waals surface area contributed by atoms with Crippen molar-refractivity contribution in [3.05, 3.63) is 47.6 Å². The Morgan fingerprint density at radius 2 is 1.97 bits per heavy atom. The molecule has 5 nitrogen and oxygen atoms in total. The molecule has 0 spiro atoms. The fourth-order valence-corrected chi connectivity index (χ4v) is 6.18. The van der Waals surface area contributed by atoms with Crippen molar-refractivity contribution in [3.63, 3.8) is 0 Å². The van der Waals surface area contributed by atoms with Gasteiger partial charge in [0, 0.05) is 38.6 Å². The Hall–Kier alpha value is -2.27. The number of carbonyl (C=O) groups excluding carboxylic acids is 1. The predicted octanol–water partition coefficient (Wildman–Crippen LogP) is 4.05. The van der Waals surface area contributed by atoms with Gasteiger partial charge in [0.2, 0.25) is 0 Å². The highest BCUT2D eigenvalue weighted by Gasteiger charge is 2.51. The van der Waals surface area contributed by atoms with Crippen LogP contribution in [-0.2, 0) is 9.53 Å². The van der Waals surface area contributed by atoms with E-state index in [1.807, 2.05) is 12.1 Å². The Bertz CT molecular complexity index is 915. The molecule has 4 aliphatic rings. The molecule has 4 atom stereocenters. The number of anilines is 1. The summed E-state index contributed by atoms with van der Waals surface area (Å²) in [7, 11) is 1.73. The summed E-state index contributed by atoms with van der Waals surface area (Å²) in [5.74, 6) is 1.09. The molecule has 0 aromatic heterocycles. The van der Waals surface area contributed by atoms with Crippen LogP contribution in [0.5, 0.6) is 5.75 Å².